The van der Waals surface area contributed by atoms with Crippen molar-refractivity contribution < 1.29 is 19.1 Å². The van der Waals surface area contributed by atoms with E-state index in [4.69, 9.17) is 5.73 Å². The summed E-state index contributed by atoms with van der Waals surface area (Å²) < 4.78 is 13.5. The maximum absolute atomic E-state index is 13.5. The number of rotatable bonds is 6. The van der Waals surface area contributed by atoms with E-state index in [0.29, 0.717) is 39.9 Å². The minimum atomic E-state index is -0.510. The van der Waals surface area contributed by atoms with E-state index in [2.05, 4.69) is 32.6 Å². The summed E-state index contributed by atoms with van der Waals surface area (Å²) in [5.41, 5.74) is 12.6. The molecule has 236 valence electrons. The molecule has 1 aliphatic rings. The highest BCUT2D eigenvalue weighted by Crippen LogP contribution is 2.39. The van der Waals surface area contributed by atoms with Crippen LogP contribution in [-0.4, -0.2) is 50.1 Å². The van der Waals surface area contributed by atoms with Crippen LogP contribution in [0.1, 0.15) is 59.9 Å². The summed E-state index contributed by atoms with van der Waals surface area (Å²) in [7, 11) is 0. The predicted octanol–water partition coefficient (Wildman–Crippen LogP) is 6.95. The second kappa shape index (κ2) is 12.3. The fourth-order valence-electron chi connectivity index (χ4n) is 6.46. The molecule has 0 saturated carbocycles. The topological polar surface area (TPSA) is 137 Å². The Labute approximate surface area is 266 Å². The molecule has 0 unspecified atom stereocenters. The molecular formula is C36H37FN6O3. The van der Waals surface area contributed by atoms with Crippen molar-refractivity contribution in [2.24, 2.45) is 5.92 Å². The van der Waals surface area contributed by atoms with E-state index in [1.165, 1.54) is 12.1 Å². The molecular weight excluding hydrogens is 583 g/mol. The van der Waals surface area contributed by atoms with E-state index >= 15 is 0 Å². The van der Waals surface area contributed by atoms with Gasteiger partial charge in [-0.25, -0.2) is 4.39 Å². The monoisotopic (exact) mass is 620 g/mol. The number of H-pyrrole nitrogens is 1. The number of carbonyl (C=O) groups is 2. The maximum atomic E-state index is 13.5. The first-order valence-electron chi connectivity index (χ1n) is 15.5. The quantitative estimate of drug-likeness (QED) is 0.162. The summed E-state index contributed by atoms with van der Waals surface area (Å²) in [6, 6.07) is 17.4. The number of aryl methyl sites for hydroxylation is 2. The SMILES string of the molecule is Cc1nc(C)c(-c2ccc(F)cc2)c(O)c1C(=O)Nc1ccc(-c2cc(C3CCN(C(=O)C(C)C)CC3)cc3[nH]nc(N)c23)cc1. The van der Waals surface area contributed by atoms with Gasteiger partial charge in [0.2, 0.25) is 5.91 Å². The Bertz CT molecular complexity index is 1940. The lowest BCUT2D eigenvalue weighted by atomic mass is 9.86. The standard InChI is InChI=1S/C36H37FN6O3/c1-19(2)36(46)43-15-13-22(14-16-43)25-17-28(32-29(18-25)41-42-34(32)38)23-7-11-27(12-8-23)40-35(45)31-21(4)39-20(3)30(33(31)44)24-5-9-26(37)10-6-24/h5-12,17-19,22H,13-16H2,1-4H3,(H,39,44)(H,40,45)(H3,38,41,42). The average Bonchev–Trinajstić information content (AvgIpc) is 3.41. The lowest BCUT2D eigenvalue weighted by Crippen LogP contribution is -2.40. The number of piperidine rings is 1. The van der Waals surface area contributed by atoms with Crippen molar-refractivity contribution in [3.05, 3.63) is 89.0 Å². The Kier molecular flexibility index (Phi) is 8.20. The van der Waals surface area contributed by atoms with Gasteiger partial charge in [0, 0.05) is 36.0 Å². The number of pyridine rings is 1. The Morgan fingerprint density at radius 2 is 1.65 bits per heavy atom. The van der Waals surface area contributed by atoms with Crippen LogP contribution in [0.5, 0.6) is 5.75 Å². The molecule has 0 radical (unpaired) electrons. The molecule has 0 spiro atoms. The van der Waals surface area contributed by atoms with Crippen LogP contribution in [0.3, 0.4) is 0 Å². The van der Waals surface area contributed by atoms with E-state index < -0.39 is 11.7 Å². The van der Waals surface area contributed by atoms with E-state index in [1.807, 2.05) is 30.9 Å². The number of likely N-dealkylation sites (tertiary alicyclic amines) is 1. The highest BCUT2D eigenvalue weighted by molar-refractivity contribution is 6.08. The number of amides is 2. The number of aromatic amines is 1. The number of benzene rings is 3. The fourth-order valence-corrected chi connectivity index (χ4v) is 6.46. The number of nitrogens with zero attached hydrogens (tertiary/aromatic N) is 3. The number of hydrogen-bond donors (Lipinski definition) is 4. The molecule has 2 aromatic heterocycles. The van der Waals surface area contributed by atoms with Gasteiger partial charge in [-0.1, -0.05) is 38.1 Å². The molecule has 0 atom stereocenters. The molecule has 9 nitrogen and oxygen atoms in total. The van der Waals surface area contributed by atoms with Crippen LogP contribution in [0.2, 0.25) is 0 Å². The molecule has 5 N–H and O–H groups in total. The van der Waals surface area contributed by atoms with Crippen LogP contribution in [0.4, 0.5) is 15.9 Å². The predicted molar refractivity (Wildman–Crippen MR) is 178 cm³/mol. The zero-order chi connectivity index (χ0) is 32.7. The molecule has 1 aliphatic heterocycles. The molecule has 5 aromatic rings. The Balaban J connectivity index is 1.26. The second-order valence-corrected chi connectivity index (χ2v) is 12.3. The molecule has 6 rings (SSSR count). The first kappa shape index (κ1) is 30.8. The number of nitrogens with one attached hydrogen (secondary N) is 2. The number of fused-ring (bicyclic) bond motifs is 1. The first-order valence-corrected chi connectivity index (χ1v) is 15.5. The van der Waals surface area contributed by atoms with Crippen LogP contribution in [0, 0.1) is 25.6 Å². The number of aromatic nitrogens is 3. The van der Waals surface area contributed by atoms with Gasteiger partial charge in [-0.2, -0.15) is 5.10 Å². The third kappa shape index (κ3) is 5.78. The van der Waals surface area contributed by atoms with E-state index in [0.717, 1.165) is 53.5 Å². The van der Waals surface area contributed by atoms with Crippen LogP contribution >= 0.6 is 0 Å². The minimum Gasteiger partial charge on any atom is -0.506 e. The lowest BCUT2D eigenvalue weighted by molar-refractivity contribution is -0.135. The van der Waals surface area contributed by atoms with Gasteiger partial charge in [0.1, 0.15) is 17.1 Å². The molecule has 2 amide bonds. The van der Waals surface area contributed by atoms with Gasteiger partial charge in [0.15, 0.2) is 5.82 Å². The van der Waals surface area contributed by atoms with Crippen molar-refractivity contribution in [1.29, 1.82) is 0 Å². The van der Waals surface area contributed by atoms with Gasteiger partial charge in [0.05, 0.1) is 16.6 Å². The number of nitrogen functional groups attached to an aromatic ring is 1. The molecule has 10 heteroatoms. The van der Waals surface area contributed by atoms with E-state index in [1.54, 1.807) is 38.1 Å². The molecule has 46 heavy (non-hydrogen) atoms. The summed E-state index contributed by atoms with van der Waals surface area (Å²) in [4.78, 5) is 32.4. The first-order chi connectivity index (χ1) is 22.0. The maximum Gasteiger partial charge on any atom is 0.261 e. The normalized spacial score (nSPS) is 13.8. The average molecular weight is 621 g/mol. The van der Waals surface area contributed by atoms with Crippen LogP contribution in [-0.2, 0) is 4.79 Å². The summed E-state index contributed by atoms with van der Waals surface area (Å²) in [5, 5.41) is 22.2. The van der Waals surface area contributed by atoms with Gasteiger partial charge in [-0.15, -0.1) is 0 Å². The molecule has 3 aromatic carbocycles. The summed E-state index contributed by atoms with van der Waals surface area (Å²) in [6.07, 6.45) is 1.75. The highest BCUT2D eigenvalue weighted by Gasteiger charge is 2.27. The van der Waals surface area contributed by atoms with Gasteiger partial charge in [0.25, 0.3) is 5.91 Å². The number of carbonyl (C=O) groups excluding carboxylic acids is 2. The van der Waals surface area contributed by atoms with Gasteiger partial charge in [-0.05, 0) is 91.3 Å². The third-order valence-electron chi connectivity index (χ3n) is 8.83. The zero-order valence-electron chi connectivity index (χ0n) is 26.3. The zero-order valence-corrected chi connectivity index (χ0v) is 26.3. The summed E-state index contributed by atoms with van der Waals surface area (Å²) in [6.45, 7) is 8.73. The number of anilines is 2. The summed E-state index contributed by atoms with van der Waals surface area (Å²) >= 11 is 0. The fraction of sp³-hybridized carbons (Fsp3) is 0.278. The smallest absolute Gasteiger partial charge is 0.261 e. The van der Waals surface area contributed by atoms with E-state index in [9.17, 15) is 19.1 Å². The Hall–Kier alpha value is -5.25. The number of halogens is 1. The van der Waals surface area contributed by atoms with Crippen LogP contribution in [0.15, 0.2) is 60.7 Å². The Morgan fingerprint density at radius 3 is 2.30 bits per heavy atom. The van der Waals surface area contributed by atoms with Crippen LogP contribution < -0.4 is 11.1 Å². The van der Waals surface area contributed by atoms with Crippen molar-refractivity contribution in [3.63, 3.8) is 0 Å². The van der Waals surface area contributed by atoms with Gasteiger partial charge in [-0.3, -0.25) is 19.7 Å². The van der Waals surface area contributed by atoms with Crippen molar-refractivity contribution in [2.75, 3.05) is 24.1 Å². The molecule has 1 fully saturated rings. The van der Waals surface area contributed by atoms with Gasteiger partial charge < -0.3 is 21.1 Å². The molecule has 0 bridgehead atoms. The third-order valence-corrected chi connectivity index (χ3v) is 8.83. The number of hydrogen-bond acceptors (Lipinski definition) is 6. The van der Waals surface area contributed by atoms with Crippen LogP contribution in [0.25, 0.3) is 33.2 Å². The second-order valence-electron chi connectivity index (χ2n) is 12.3. The van der Waals surface area contributed by atoms with Gasteiger partial charge >= 0.3 is 0 Å². The highest BCUT2D eigenvalue weighted by atomic mass is 19.1. The molecule has 0 aliphatic carbocycles. The van der Waals surface area contributed by atoms with Crippen molar-refractivity contribution in [3.8, 4) is 28.0 Å². The Morgan fingerprint density at radius 1 is 1.00 bits per heavy atom. The lowest BCUT2D eigenvalue weighted by Gasteiger charge is -2.33. The molecule has 3 heterocycles. The van der Waals surface area contributed by atoms with Crippen molar-refractivity contribution in [1.82, 2.24) is 20.1 Å². The minimum absolute atomic E-state index is 0.0117. The molecule has 1 saturated heterocycles. The number of nitrogens with two attached hydrogens (primary N) is 1. The number of aromatic hydroxyl groups is 1. The van der Waals surface area contributed by atoms with Crippen molar-refractivity contribution >= 4 is 34.2 Å². The summed E-state index contributed by atoms with van der Waals surface area (Å²) in [5.74, 6) is -0.236. The van der Waals surface area contributed by atoms with Crippen molar-refractivity contribution in [2.45, 2.75) is 46.5 Å². The van der Waals surface area contributed by atoms with E-state index in [-0.39, 0.29) is 23.1 Å². The largest absolute Gasteiger partial charge is 0.506 e.